The number of H-pyrrole nitrogens is 1. The Bertz CT molecular complexity index is 1070. The third kappa shape index (κ3) is 2.19. The molecule has 0 spiro atoms. The molecule has 120 valence electrons. The quantitative estimate of drug-likeness (QED) is 0.602. The average molecular weight is 324 g/mol. The van der Waals surface area contributed by atoms with Crippen LogP contribution < -0.4 is 5.32 Å². The van der Waals surface area contributed by atoms with Crippen molar-refractivity contribution in [1.82, 2.24) is 29.8 Å². The molecule has 7 nitrogen and oxygen atoms in total. The number of carbonyl (C=O) groups excluding carboxylic acids is 1. The molecule has 8 heteroatoms. The summed E-state index contributed by atoms with van der Waals surface area (Å²) in [5, 5.41) is 4.04. The number of aromatic nitrogens is 5. The van der Waals surface area contributed by atoms with Gasteiger partial charge in [-0.2, -0.15) is 0 Å². The Balaban J connectivity index is 1.96. The van der Waals surface area contributed by atoms with Crippen LogP contribution in [0.1, 0.15) is 0 Å². The van der Waals surface area contributed by atoms with E-state index in [9.17, 15) is 9.18 Å². The van der Waals surface area contributed by atoms with Gasteiger partial charge < -0.3 is 14.9 Å². The van der Waals surface area contributed by atoms with Crippen LogP contribution in [-0.4, -0.2) is 37.5 Å². The van der Waals surface area contributed by atoms with Crippen molar-refractivity contribution in [2.45, 2.75) is 6.54 Å². The molecule has 0 saturated carbocycles. The lowest BCUT2D eigenvalue weighted by atomic mass is 10.1. The number of halogens is 1. The number of carbonyl (C=O) groups is 1. The third-order valence-corrected chi connectivity index (χ3v) is 3.92. The molecule has 1 amide bonds. The molecule has 4 heterocycles. The summed E-state index contributed by atoms with van der Waals surface area (Å²) in [6.45, 7) is 0.138. The number of hydrogen-bond donors (Lipinski definition) is 2. The highest BCUT2D eigenvalue weighted by molar-refractivity contribution is 6.03. The molecule has 0 saturated heterocycles. The minimum atomic E-state index is -0.409. The number of amides is 1. The molecule has 24 heavy (non-hydrogen) atoms. The summed E-state index contributed by atoms with van der Waals surface area (Å²) >= 11 is 0. The Hall–Kier alpha value is -3.29. The van der Waals surface area contributed by atoms with Crippen molar-refractivity contribution in [1.29, 1.82) is 0 Å². The molecule has 0 aliphatic carbocycles. The lowest BCUT2D eigenvalue weighted by molar-refractivity contribution is -0.121. The normalized spacial score (nSPS) is 11.2. The van der Waals surface area contributed by atoms with Crippen LogP contribution in [0.4, 0.5) is 4.39 Å². The summed E-state index contributed by atoms with van der Waals surface area (Å²) in [4.78, 5) is 27.1. The van der Waals surface area contributed by atoms with E-state index in [1.165, 1.54) is 18.6 Å². The summed E-state index contributed by atoms with van der Waals surface area (Å²) in [6.07, 6.45) is 7.87. The van der Waals surface area contributed by atoms with Gasteiger partial charge in [-0.15, -0.1) is 0 Å². The van der Waals surface area contributed by atoms with Gasteiger partial charge in [0.15, 0.2) is 0 Å². The molecule has 0 radical (unpaired) electrons. The third-order valence-electron chi connectivity index (χ3n) is 3.92. The first-order valence-electron chi connectivity index (χ1n) is 7.30. The molecule has 0 aliphatic heterocycles. The van der Waals surface area contributed by atoms with E-state index in [2.05, 4.69) is 25.3 Å². The van der Waals surface area contributed by atoms with Crippen LogP contribution in [0.2, 0.25) is 0 Å². The van der Waals surface area contributed by atoms with Gasteiger partial charge in [-0.3, -0.25) is 4.79 Å². The maximum Gasteiger partial charge on any atom is 0.239 e. The lowest BCUT2D eigenvalue weighted by Crippen LogP contribution is -2.23. The Morgan fingerprint density at radius 1 is 1.29 bits per heavy atom. The maximum atomic E-state index is 13.6. The van der Waals surface area contributed by atoms with Crippen molar-refractivity contribution >= 4 is 28.0 Å². The molecule has 4 aromatic heterocycles. The summed E-state index contributed by atoms with van der Waals surface area (Å²) in [7, 11) is 1.58. The fourth-order valence-corrected chi connectivity index (χ4v) is 2.80. The van der Waals surface area contributed by atoms with Crippen molar-refractivity contribution in [3.8, 4) is 11.1 Å². The van der Waals surface area contributed by atoms with Crippen molar-refractivity contribution < 1.29 is 9.18 Å². The Kier molecular flexibility index (Phi) is 3.23. The molecule has 0 aliphatic rings. The van der Waals surface area contributed by atoms with Gasteiger partial charge in [-0.25, -0.2) is 19.3 Å². The van der Waals surface area contributed by atoms with E-state index in [1.54, 1.807) is 24.0 Å². The second-order valence-electron chi connectivity index (χ2n) is 5.36. The monoisotopic (exact) mass is 324 g/mol. The smallest absolute Gasteiger partial charge is 0.239 e. The molecule has 2 N–H and O–H groups in total. The average Bonchev–Trinajstić information content (AvgIpc) is 3.16. The zero-order valence-corrected chi connectivity index (χ0v) is 12.7. The molecule has 0 unspecified atom stereocenters. The first-order chi connectivity index (χ1) is 11.7. The van der Waals surface area contributed by atoms with Gasteiger partial charge in [0.1, 0.15) is 30.0 Å². The van der Waals surface area contributed by atoms with E-state index in [1.807, 2.05) is 6.20 Å². The van der Waals surface area contributed by atoms with Crippen LogP contribution >= 0.6 is 0 Å². The summed E-state index contributed by atoms with van der Waals surface area (Å²) in [6, 6.07) is 1.43. The zero-order chi connectivity index (χ0) is 16.7. The standard InChI is InChI=1S/C16H13FN6O/c1-18-14(24)7-23-6-13(12-4-19-8-22-16(12)23)11-5-21-15-10(11)2-9(17)3-20-15/h2-6,8H,7H2,1H3,(H,18,24)(H,20,21). The van der Waals surface area contributed by atoms with Gasteiger partial charge in [0.05, 0.1) is 6.20 Å². The number of nitrogens with one attached hydrogen (secondary N) is 2. The van der Waals surface area contributed by atoms with E-state index in [-0.39, 0.29) is 12.5 Å². The van der Waals surface area contributed by atoms with Gasteiger partial charge in [0.25, 0.3) is 0 Å². The molecular formula is C16H13FN6O. The molecule has 4 rings (SSSR count). The lowest BCUT2D eigenvalue weighted by Gasteiger charge is -2.02. The topological polar surface area (TPSA) is 88.5 Å². The van der Waals surface area contributed by atoms with E-state index in [4.69, 9.17) is 0 Å². The highest BCUT2D eigenvalue weighted by Gasteiger charge is 2.16. The van der Waals surface area contributed by atoms with E-state index in [0.717, 1.165) is 16.5 Å². The molecule has 0 atom stereocenters. The predicted molar refractivity (Wildman–Crippen MR) is 86.6 cm³/mol. The van der Waals surface area contributed by atoms with Crippen LogP contribution in [0.15, 0.2) is 37.2 Å². The maximum absolute atomic E-state index is 13.6. The largest absolute Gasteiger partial charge is 0.358 e. The van der Waals surface area contributed by atoms with Gasteiger partial charge in [0, 0.05) is 47.5 Å². The Morgan fingerprint density at radius 2 is 2.17 bits per heavy atom. The van der Waals surface area contributed by atoms with Crippen LogP contribution in [0.5, 0.6) is 0 Å². The molecular weight excluding hydrogens is 311 g/mol. The minimum Gasteiger partial charge on any atom is -0.358 e. The predicted octanol–water partition coefficient (Wildman–Crippen LogP) is 1.86. The fourth-order valence-electron chi connectivity index (χ4n) is 2.80. The zero-order valence-electron chi connectivity index (χ0n) is 12.7. The SMILES string of the molecule is CNC(=O)Cn1cc(-c2c[nH]c3ncc(F)cc23)c2cncnc21. The second-order valence-corrected chi connectivity index (χ2v) is 5.36. The second kappa shape index (κ2) is 5.41. The van der Waals surface area contributed by atoms with Crippen molar-refractivity contribution in [2.24, 2.45) is 0 Å². The first-order valence-corrected chi connectivity index (χ1v) is 7.30. The van der Waals surface area contributed by atoms with E-state index < -0.39 is 5.82 Å². The van der Waals surface area contributed by atoms with Crippen LogP contribution in [0, 0.1) is 5.82 Å². The highest BCUT2D eigenvalue weighted by Crippen LogP contribution is 2.34. The van der Waals surface area contributed by atoms with Crippen LogP contribution in [0.3, 0.4) is 0 Å². The van der Waals surface area contributed by atoms with Gasteiger partial charge in [0.2, 0.25) is 5.91 Å². The molecule has 0 aromatic carbocycles. The number of nitrogens with zero attached hydrogens (tertiary/aromatic N) is 4. The molecule has 0 fully saturated rings. The number of pyridine rings is 1. The van der Waals surface area contributed by atoms with Gasteiger partial charge in [-0.05, 0) is 6.07 Å². The Morgan fingerprint density at radius 3 is 3.00 bits per heavy atom. The van der Waals surface area contributed by atoms with E-state index in [0.29, 0.717) is 16.7 Å². The van der Waals surface area contributed by atoms with Crippen LogP contribution in [0.25, 0.3) is 33.2 Å². The van der Waals surface area contributed by atoms with Crippen molar-refractivity contribution in [3.05, 3.63) is 43.0 Å². The van der Waals surface area contributed by atoms with Gasteiger partial charge >= 0.3 is 0 Å². The fraction of sp³-hybridized carbons (Fsp3) is 0.125. The summed E-state index contributed by atoms with van der Waals surface area (Å²) in [5.74, 6) is -0.544. The number of aromatic amines is 1. The first kappa shape index (κ1) is 14.3. The number of likely N-dealkylation sites (N-methyl/N-ethyl adjacent to an activating group) is 1. The van der Waals surface area contributed by atoms with Gasteiger partial charge in [-0.1, -0.05) is 0 Å². The number of rotatable bonds is 3. The Labute approximate surface area is 135 Å². The number of fused-ring (bicyclic) bond motifs is 2. The summed E-state index contributed by atoms with van der Waals surface area (Å²) < 4.78 is 15.3. The number of hydrogen-bond acceptors (Lipinski definition) is 4. The van der Waals surface area contributed by atoms with Crippen LogP contribution in [-0.2, 0) is 11.3 Å². The van der Waals surface area contributed by atoms with Crippen molar-refractivity contribution in [3.63, 3.8) is 0 Å². The summed E-state index contributed by atoms with van der Waals surface area (Å²) in [5.41, 5.74) is 2.83. The van der Waals surface area contributed by atoms with Crippen molar-refractivity contribution in [2.75, 3.05) is 7.05 Å². The molecule has 4 aromatic rings. The minimum absolute atomic E-state index is 0.135. The van der Waals surface area contributed by atoms with E-state index >= 15 is 0 Å². The highest BCUT2D eigenvalue weighted by atomic mass is 19.1. The molecule has 0 bridgehead atoms.